The number of urea groups is 1. The summed E-state index contributed by atoms with van der Waals surface area (Å²) in [6, 6.07) is 12.7. The van der Waals surface area contributed by atoms with Crippen LogP contribution in [0.2, 0.25) is 0 Å². The van der Waals surface area contributed by atoms with Gasteiger partial charge in [0, 0.05) is 37.9 Å². The Labute approximate surface area is 146 Å². The van der Waals surface area contributed by atoms with E-state index in [-0.39, 0.29) is 18.4 Å². The number of hydrogen-bond donors (Lipinski definition) is 2. The van der Waals surface area contributed by atoms with Gasteiger partial charge in [-0.2, -0.15) is 0 Å². The lowest BCUT2D eigenvalue weighted by Gasteiger charge is -2.13. The van der Waals surface area contributed by atoms with Gasteiger partial charge in [0.1, 0.15) is 5.52 Å². The molecular formula is C17H18ClN5O. The lowest BCUT2D eigenvalue weighted by molar-refractivity contribution is 0.262. The fraction of sp³-hybridized carbons (Fsp3) is 0.118. The van der Waals surface area contributed by atoms with Crippen molar-refractivity contribution in [2.75, 3.05) is 29.6 Å². The third-order valence-electron chi connectivity index (χ3n) is 3.39. The monoisotopic (exact) mass is 343 g/mol. The van der Waals surface area contributed by atoms with Gasteiger partial charge in [-0.05, 0) is 42.5 Å². The van der Waals surface area contributed by atoms with Gasteiger partial charge < -0.3 is 15.5 Å². The van der Waals surface area contributed by atoms with Crippen LogP contribution in [0.15, 0.2) is 54.9 Å². The van der Waals surface area contributed by atoms with E-state index in [1.165, 1.54) is 0 Å². The molecular weight excluding hydrogens is 326 g/mol. The summed E-state index contributed by atoms with van der Waals surface area (Å²) >= 11 is 0. The quantitative estimate of drug-likeness (QED) is 0.759. The van der Waals surface area contributed by atoms with Crippen LogP contribution in [0.25, 0.3) is 11.0 Å². The van der Waals surface area contributed by atoms with Gasteiger partial charge in [-0.1, -0.05) is 0 Å². The van der Waals surface area contributed by atoms with E-state index in [2.05, 4.69) is 20.6 Å². The molecule has 2 amide bonds. The van der Waals surface area contributed by atoms with Gasteiger partial charge in [-0.3, -0.25) is 9.97 Å². The highest BCUT2D eigenvalue weighted by Gasteiger charge is 2.07. The van der Waals surface area contributed by atoms with Gasteiger partial charge in [0.2, 0.25) is 0 Å². The normalized spacial score (nSPS) is 9.92. The Morgan fingerprint density at radius 1 is 0.958 bits per heavy atom. The van der Waals surface area contributed by atoms with E-state index in [9.17, 15) is 4.79 Å². The van der Waals surface area contributed by atoms with Crippen molar-refractivity contribution in [3.8, 4) is 0 Å². The number of halogens is 1. The topological polar surface area (TPSA) is 70.2 Å². The van der Waals surface area contributed by atoms with Crippen LogP contribution in [0.1, 0.15) is 0 Å². The van der Waals surface area contributed by atoms with Crippen LogP contribution in [-0.4, -0.2) is 30.1 Å². The summed E-state index contributed by atoms with van der Waals surface area (Å²) in [6.45, 7) is 0. The number of fused-ring (bicyclic) bond motifs is 1. The summed E-state index contributed by atoms with van der Waals surface area (Å²) in [5, 5.41) is 5.61. The van der Waals surface area contributed by atoms with E-state index in [0.717, 1.165) is 16.9 Å². The first-order valence-electron chi connectivity index (χ1n) is 7.18. The molecule has 2 N–H and O–H groups in total. The SMILES string of the molecule is CN(C)c1ccc(NC(=O)Nc2ccnc3cccnc23)cc1.Cl. The van der Waals surface area contributed by atoms with Gasteiger partial charge in [0.15, 0.2) is 0 Å². The fourth-order valence-electron chi connectivity index (χ4n) is 2.21. The van der Waals surface area contributed by atoms with Gasteiger partial charge >= 0.3 is 6.03 Å². The van der Waals surface area contributed by atoms with Crippen molar-refractivity contribution in [2.24, 2.45) is 0 Å². The molecule has 1 aromatic carbocycles. The first-order chi connectivity index (χ1) is 11.1. The number of rotatable bonds is 3. The second-order valence-electron chi connectivity index (χ2n) is 5.25. The third-order valence-corrected chi connectivity index (χ3v) is 3.39. The zero-order valence-electron chi connectivity index (χ0n) is 13.4. The molecule has 124 valence electrons. The molecule has 2 heterocycles. The first kappa shape index (κ1) is 17.5. The highest BCUT2D eigenvalue weighted by atomic mass is 35.5. The molecule has 6 nitrogen and oxygen atoms in total. The first-order valence-corrected chi connectivity index (χ1v) is 7.18. The van der Waals surface area contributed by atoms with E-state index < -0.39 is 0 Å². The van der Waals surface area contributed by atoms with E-state index >= 15 is 0 Å². The molecule has 0 aliphatic rings. The predicted octanol–water partition coefficient (Wildman–Crippen LogP) is 3.76. The van der Waals surface area contributed by atoms with Crippen LogP contribution in [0, 0.1) is 0 Å². The average molecular weight is 344 g/mol. The fourth-order valence-corrected chi connectivity index (χ4v) is 2.21. The highest BCUT2D eigenvalue weighted by molar-refractivity contribution is 6.04. The van der Waals surface area contributed by atoms with Crippen LogP contribution in [0.5, 0.6) is 0 Å². The number of nitrogens with zero attached hydrogens (tertiary/aromatic N) is 3. The molecule has 0 saturated carbocycles. The molecule has 0 spiro atoms. The summed E-state index contributed by atoms with van der Waals surface area (Å²) in [7, 11) is 3.94. The Balaban J connectivity index is 0.00000208. The van der Waals surface area contributed by atoms with Crippen LogP contribution in [-0.2, 0) is 0 Å². The maximum atomic E-state index is 12.2. The second kappa shape index (κ2) is 7.61. The van der Waals surface area contributed by atoms with Crippen LogP contribution < -0.4 is 15.5 Å². The Hall–Kier alpha value is -2.86. The van der Waals surface area contributed by atoms with Crippen molar-refractivity contribution in [3.63, 3.8) is 0 Å². The Kier molecular flexibility index (Phi) is 5.55. The van der Waals surface area contributed by atoms with Gasteiger partial charge in [-0.25, -0.2) is 4.79 Å². The molecule has 7 heteroatoms. The minimum Gasteiger partial charge on any atom is -0.378 e. The van der Waals surface area contributed by atoms with Crippen LogP contribution in [0.4, 0.5) is 21.9 Å². The predicted molar refractivity (Wildman–Crippen MR) is 100 cm³/mol. The average Bonchev–Trinajstić information content (AvgIpc) is 2.55. The zero-order chi connectivity index (χ0) is 16.2. The van der Waals surface area contributed by atoms with Gasteiger partial charge in [0.25, 0.3) is 0 Å². The van der Waals surface area contributed by atoms with E-state index in [1.54, 1.807) is 18.5 Å². The maximum absolute atomic E-state index is 12.2. The van der Waals surface area contributed by atoms with Crippen molar-refractivity contribution in [3.05, 3.63) is 54.9 Å². The molecule has 0 atom stereocenters. The number of aromatic nitrogens is 2. The summed E-state index contributed by atoms with van der Waals surface area (Å²) in [6.07, 6.45) is 3.32. The van der Waals surface area contributed by atoms with Crippen molar-refractivity contribution in [1.29, 1.82) is 0 Å². The molecule has 0 radical (unpaired) electrons. The maximum Gasteiger partial charge on any atom is 0.323 e. The number of pyridine rings is 2. The number of anilines is 3. The van der Waals surface area contributed by atoms with Crippen molar-refractivity contribution >= 4 is 46.5 Å². The van der Waals surface area contributed by atoms with Crippen molar-refractivity contribution in [2.45, 2.75) is 0 Å². The molecule has 0 fully saturated rings. The number of nitrogens with one attached hydrogen (secondary N) is 2. The Morgan fingerprint density at radius 3 is 2.42 bits per heavy atom. The van der Waals surface area contributed by atoms with Crippen molar-refractivity contribution < 1.29 is 4.79 Å². The Bertz CT molecular complexity index is 831. The molecule has 0 aliphatic heterocycles. The lowest BCUT2D eigenvalue weighted by Crippen LogP contribution is -2.19. The van der Waals surface area contributed by atoms with E-state index in [1.807, 2.05) is 55.4 Å². The minimum absolute atomic E-state index is 0. The molecule has 24 heavy (non-hydrogen) atoms. The number of carbonyl (C=O) groups excluding carboxylic acids is 1. The summed E-state index contributed by atoms with van der Waals surface area (Å²) in [5.74, 6) is 0. The zero-order valence-corrected chi connectivity index (χ0v) is 14.2. The molecule has 0 unspecified atom stereocenters. The summed E-state index contributed by atoms with van der Waals surface area (Å²) < 4.78 is 0. The molecule has 3 aromatic rings. The van der Waals surface area contributed by atoms with Crippen molar-refractivity contribution in [1.82, 2.24) is 9.97 Å². The molecule has 3 rings (SSSR count). The highest BCUT2D eigenvalue weighted by Crippen LogP contribution is 2.19. The molecule has 0 aliphatic carbocycles. The molecule has 0 bridgehead atoms. The number of benzene rings is 1. The van der Waals surface area contributed by atoms with Gasteiger partial charge in [-0.15, -0.1) is 12.4 Å². The smallest absolute Gasteiger partial charge is 0.323 e. The standard InChI is InChI=1S/C17H17N5O.ClH/c1-22(2)13-7-5-12(6-8-13)20-17(23)21-15-9-11-18-14-4-3-10-19-16(14)15;/h3-11H,1-2H3,(H2,18,20,21,23);1H. The summed E-state index contributed by atoms with van der Waals surface area (Å²) in [4.78, 5) is 22.6. The van der Waals surface area contributed by atoms with E-state index in [0.29, 0.717) is 11.2 Å². The number of amides is 2. The third kappa shape index (κ3) is 3.91. The Morgan fingerprint density at radius 2 is 1.71 bits per heavy atom. The van der Waals surface area contributed by atoms with Gasteiger partial charge in [0.05, 0.1) is 11.2 Å². The minimum atomic E-state index is -0.319. The molecule has 2 aromatic heterocycles. The van der Waals surface area contributed by atoms with Crippen LogP contribution >= 0.6 is 12.4 Å². The second-order valence-corrected chi connectivity index (χ2v) is 5.25. The van der Waals surface area contributed by atoms with Crippen LogP contribution in [0.3, 0.4) is 0 Å². The number of carbonyl (C=O) groups is 1. The number of hydrogen-bond acceptors (Lipinski definition) is 4. The largest absolute Gasteiger partial charge is 0.378 e. The summed E-state index contributed by atoms with van der Waals surface area (Å²) in [5.41, 5.74) is 3.81. The molecule has 0 saturated heterocycles. The van der Waals surface area contributed by atoms with E-state index in [4.69, 9.17) is 0 Å². The lowest BCUT2D eigenvalue weighted by atomic mass is 10.2.